The molecule has 0 bridgehead atoms. The van der Waals surface area contributed by atoms with Crippen LogP contribution < -0.4 is 0 Å². The Labute approximate surface area is 369 Å². The summed E-state index contributed by atoms with van der Waals surface area (Å²) in [6.45, 7) is 2.30. The first-order chi connectivity index (χ1) is 31.2. The highest BCUT2D eigenvalue weighted by Gasteiger charge is 2.46. The molecule has 0 saturated heterocycles. The topological polar surface area (TPSA) is 12.4 Å². The van der Waals surface area contributed by atoms with Gasteiger partial charge in [0.25, 0.3) is 0 Å². The van der Waals surface area contributed by atoms with Crippen LogP contribution in [-0.4, -0.2) is 5.71 Å². The van der Waals surface area contributed by atoms with Gasteiger partial charge in [-0.05, 0) is 118 Å². The molecule has 2 atom stereocenters. The zero-order valence-corrected chi connectivity index (χ0v) is 35.2. The number of aliphatic imine (C=N–C) groups is 1. The standard InChI is InChI=1S/C62H45N/c1-2-47-54(41-20-7-3-8-21-41)40-59(63-61(47)42-22-9-4-10-23-42)44-34-36-53-55(39-44)50-29-16-15-28-49(50)52-32-19-31-48(60(52)53)43-35-37-58-56(38-43)51-30-17-18-33-57(51)62(58,45-24-11-5-12-25-45)46-26-13-6-14-27-46/h3-40,47,61H,2H2,1H3. The van der Waals surface area contributed by atoms with E-state index in [2.05, 4.69) is 237 Å². The molecule has 0 fully saturated rings. The normalized spacial score (nSPS) is 16.4. The van der Waals surface area contributed by atoms with Gasteiger partial charge in [0, 0.05) is 11.5 Å². The molecule has 2 aliphatic rings. The number of rotatable bonds is 7. The predicted octanol–water partition coefficient (Wildman–Crippen LogP) is 15.8. The number of benzene rings is 10. The lowest BCUT2D eigenvalue weighted by Gasteiger charge is -2.33. The molecule has 0 N–H and O–H groups in total. The summed E-state index contributed by atoms with van der Waals surface area (Å²) in [6.07, 6.45) is 3.37. The fraction of sp³-hybridized carbons (Fsp3) is 0.0806. The smallest absolute Gasteiger partial charge is 0.0825 e. The van der Waals surface area contributed by atoms with Crippen molar-refractivity contribution in [3.05, 3.63) is 269 Å². The van der Waals surface area contributed by atoms with E-state index in [1.165, 1.54) is 93.5 Å². The second-order valence-corrected chi connectivity index (χ2v) is 17.2. The van der Waals surface area contributed by atoms with Crippen LogP contribution in [0.25, 0.3) is 60.1 Å². The minimum Gasteiger partial charge on any atom is -0.276 e. The lowest BCUT2D eigenvalue weighted by Crippen LogP contribution is -2.28. The molecule has 1 aliphatic heterocycles. The molecule has 10 aromatic carbocycles. The lowest BCUT2D eigenvalue weighted by atomic mass is 9.67. The fourth-order valence-corrected chi connectivity index (χ4v) is 11.2. The van der Waals surface area contributed by atoms with E-state index < -0.39 is 5.41 Å². The lowest BCUT2D eigenvalue weighted by molar-refractivity contribution is 0.519. The van der Waals surface area contributed by atoms with Gasteiger partial charge in [-0.3, -0.25) is 4.99 Å². The van der Waals surface area contributed by atoms with Crippen molar-refractivity contribution in [3.8, 4) is 22.3 Å². The molecule has 298 valence electrons. The van der Waals surface area contributed by atoms with E-state index in [0.717, 1.165) is 17.7 Å². The summed E-state index contributed by atoms with van der Waals surface area (Å²) < 4.78 is 0. The fourth-order valence-electron chi connectivity index (χ4n) is 11.2. The van der Waals surface area contributed by atoms with Crippen LogP contribution in [0.4, 0.5) is 0 Å². The maximum absolute atomic E-state index is 5.61. The minimum absolute atomic E-state index is 0.0227. The summed E-state index contributed by atoms with van der Waals surface area (Å²) in [7, 11) is 0. The third-order valence-corrected chi connectivity index (χ3v) is 14.0. The van der Waals surface area contributed by atoms with Gasteiger partial charge in [0.1, 0.15) is 0 Å². The summed E-state index contributed by atoms with van der Waals surface area (Å²) in [5.41, 5.74) is 15.9. The Hall–Kier alpha value is -7.61. The Morgan fingerprint density at radius 1 is 0.413 bits per heavy atom. The van der Waals surface area contributed by atoms with E-state index in [1.807, 2.05) is 0 Å². The highest BCUT2D eigenvalue weighted by atomic mass is 14.8. The summed E-state index contributed by atoms with van der Waals surface area (Å²) >= 11 is 0. The highest BCUT2D eigenvalue weighted by Crippen LogP contribution is 2.57. The number of dihydropyridines is 1. The Balaban J connectivity index is 1.07. The molecule has 1 heterocycles. The van der Waals surface area contributed by atoms with E-state index in [4.69, 9.17) is 4.99 Å². The zero-order chi connectivity index (χ0) is 41.9. The molecule has 2 unspecified atom stereocenters. The number of hydrogen-bond acceptors (Lipinski definition) is 1. The van der Waals surface area contributed by atoms with E-state index >= 15 is 0 Å². The van der Waals surface area contributed by atoms with Gasteiger partial charge in [-0.2, -0.15) is 0 Å². The van der Waals surface area contributed by atoms with Crippen molar-refractivity contribution >= 4 is 43.6 Å². The molecular formula is C62H45N. The number of fused-ring (bicyclic) bond motifs is 9. The van der Waals surface area contributed by atoms with Crippen molar-refractivity contribution in [2.24, 2.45) is 10.9 Å². The molecular weight excluding hydrogens is 759 g/mol. The van der Waals surface area contributed by atoms with Gasteiger partial charge in [0.2, 0.25) is 0 Å². The van der Waals surface area contributed by atoms with E-state index in [1.54, 1.807) is 0 Å². The van der Waals surface area contributed by atoms with E-state index in [-0.39, 0.29) is 12.0 Å². The molecule has 0 aromatic heterocycles. The molecule has 0 spiro atoms. The first-order valence-corrected chi connectivity index (χ1v) is 22.4. The van der Waals surface area contributed by atoms with Gasteiger partial charge in [-0.1, -0.05) is 219 Å². The van der Waals surface area contributed by atoms with Crippen molar-refractivity contribution in [3.63, 3.8) is 0 Å². The first-order valence-electron chi connectivity index (χ1n) is 22.4. The Bertz CT molecular complexity index is 3380. The Morgan fingerprint density at radius 2 is 0.968 bits per heavy atom. The second-order valence-electron chi connectivity index (χ2n) is 17.2. The largest absolute Gasteiger partial charge is 0.276 e. The van der Waals surface area contributed by atoms with Crippen molar-refractivity contribution in [2.45, 2.75) is 24.8 Å². The first kappa shape index (κ1) is 37.2. The molecule has 0 saturated carbocycles. The quantitative estimate of drug-likeness (QED) is 0.142. The number of hydrogen-bond donors (Lipinski definition) is 0. The average Bonchev–Trinajstić information content (AvgIpc) is 3.67. The van der Waals surface area contributed by atoms with Crippen LogP contribution in [0.15, 0.2) is 236 Å². The number of nitrogens with zero attached hydrogens (tertiary/aromatic N) is 1. The second kappa shape index (κ2) is 15.1. The van der Waals surface area contributed by atoms with E-state index in [0.29, 0.717) is 0 Å². The monoisotopic (exact) mass is 803 g/mol. The predicted molar refractivity (Wildman–Crippen MR) is 266 cm³/mol. The van der Waals surface area contributed by atoms with Gasteiger partial charge < -0.3 is 0 Å². The van der Waals surface area contributed by atoms with Crippen molar-refractivity contribution in [1.29, 1.82) is 0 Å². The third kappa shape index (κ3) is 5.80. The highest BCUT2D eigenvalue weighted by molar-refractivity contribution is 6.29. The van der Waals surface area contributed by atoms with Crippen molar-refractivity contribution in [1.82, 2.24) is 0 Å². The van der Waals surface area contributed by atoms with Crippen LogP contribution >= 0.6 is 0 Å². The molecule has 12 rings (SSSR count). The van der Waals surface area contributed by atoms with Gasteiger partial charge in [0.15, 0.2) is 0 Å². The molecule has 1 aliphatic carbocycles. The van der Waals surface area contributed by atoms with Crippen LogP contribution in [0.2, 0.25) is 0 Å². The molecule has 63 heavy (non-hydrogen) atoms. The molecule has 0 amide bonds. The van der Waals surface area contributed by atoms with Crippen LogP contribution in [0.1, 0.15) is 58.3 Å². The summed E-state index contributed by atoms with van der Waals surface area (Å²) in [5, 5.41) is 7.56. The molecule has 1 heteroatoms. The van der Waals surface area contributed by atoms with Crippen LogP contribution in [0.5, 0.6) is 0 Å². The molecule has 0 radical (unpaired) electrons. The summed E-state index contributed by atoms with van der Waals surface area (Å²) in [4.78, 5) is 5.61. The Morgan fingerprint density at radius 3 is 1.68 bits per heavy atom. The van der Waals surface area contributed by atoms with Crippen molar-refractivity contribution in [2.75, 3.05) is 0 Å². The molecule has 1 nitrogen and oxygen atoms in total. The minimum atomic E-state index is -0.432. The molecule has 10 aromatic rings. The summed E-state index contributed by atoms with van der Waals surface area (Å²) in [5.74, 6) is 0.274. The summed E-state index contributed by atoms with van der Waals surface area (Å²) in [6, 6.07) is 83.1. The maximum Gasteiger partial charge on any atom is 0.0825 e. The van der Waals surface area contributed by atoms with Crippen LogP contribution in [-0.2, 0) is 5.41 Å². The third-order valence-electron chi connectivity index (χ3n) is 14.0. The van der Waals surface area contributed by atoms with Gasteiger partial charge >= 0.3 is 0 Å². The van der Waals surface area contributed by atoms with Crippen LogP contribution in [0, 0.1) is 5.92 Å². The zero-order valence-electron chi connectivity index (χ0n) is 35.2. The Kier molecular flexibility index (Phi) is 8.90. The average molecular weight is 804 g/mol. The van der Waals surface area contributed by atoms with Crippen LogP contribution in [0.3, 0.4) is 0 Å². The SMILES string of the molecule is CCC1C(c2ccccc2)=CC(c2ccc3c(c2)c2ccccc2c2cccc(-c4ccc5c(c4)-c4ccccc4C5(c4ccccc4)c4ccccc4)c23)=NC1c1ccccc1. The van der Waals surface area contributed by atoms with Gasteiger partial charge in [-0.25, -0.2) is 0 Å². The van der Waals surface area contributed by atoms with Gasteiger partial charge in [-0.15, -0.1) is 0 Å². The van der Waals surface area contributed by atoms with Gasteiger partial charge in [0.05, 0.1) is 17.2 Å². The van der Waals surface area contributed by atoms with E-state index in [9.17, 15) is 0 Å². The van der Waals surface area contributed by atoms with Crippen molar-refractivity contribution < 1.29 is 0 Å². The number of allylic oxidation sites excluding steroid dienone is 1. The maximum atomic E-state index is 5.61.